The molecule has 0 bridgehead atoms. The third kappa shape index (κ3) is 5.71. The molecule has 2 N–H and O–H groups in total. The molecule has 0 amide bonds. The molecule has 96 valence electrons. The van der Waals surface area contributed by atoms with Gasteiger partial charge in [-0.25, -0.2) is 0 Å². The van der Waals surface area contributed by atoms with Crippen LogP contribution in [0.5, 0.6) is 0 Å². The molecular weight excluding hydrogens is 238 g/mol. The molecule has 0 aliphatic rings. The highest BCUT2D eigenvalue weighted by molar-refractivity contribution is 6.30. The highest BCUT2D eigenvalue weighted by Gasteiger charge is 2.18. The van der Waals surface area contributed by atoms with Crippen molar-refractivity contribution < 1.29 is 9.90 Å². The smallest absolute Gasteiger partial charge is 0.311 e. The molecule has 0 heterocycles. The van der Waals surface area contributed by atoms with Crippen molar-refractivity contribution in [3.63, 3.8) is 0 Å². The van der Waals surface area contributed by atoms with Gasteiger partial charge >= 0.3 is 5.97 Å². The molecule has 1 aromatic carbocycles. The van der Waals surface area contributed by atoms with E-state index in [4.69, 9.17) is 16.7 Å². The van der Waals surface area contributed by atoms with Crippen molar-refractivity contribution in [1.82, 2.24) is 5.32 Å². The fraction of sp³-hybridized carbons (Fsp3) is 0.462. The number of aliphatic carboxylic acids is 1. The Labute approximate surface area is 108 Å². The van der Waals surface area contributed by atoms with Crippen molar-refractivity contribution in [2.75, 3.05) is 13.6 Å². The second kappa shape index (κ2) is 9.02. The highest BCUT2D eigenvalue weighted by atomic mass is 35.5. The van der Waals surface area contributed by atoms with Gasteiger partial charge in [0.25, 0.3) is 0 Å². The maximum absolute atomic E-state index is 11.0. The molecule has 0 saturated heterocycles. The lowest BCUT2D eigenvalue weighted by Crippen LogP contribution is -2.18. The molecule has 0 aliphatic heterocycles. The van der Waals surface area contributed by atoms with E-state index in [1.165, 1.54) is 0 Å². The van der Waals surface area contributed by atoms with Gasteiger partial charge in [0.05, 0.1) is 5.92 Å². The van der Waals surface area contributed by atoms with E-state index in [9.17, 15) is 4.79 Å². The maximum Gasteiger partial charge on any atom is 0.311 e. The molecule has 1 aromatic rings. The Morgan fingerprint density at radius 2 is 1.88 bits per heavy atom. The minimum absolute atomic E-state index is 0.463. The zero-order valence-electron chi connectivity index (χ0n) is 10.5. The third-order valence-electron chi connectivity index (χ3n) is 2.25. The summed E-state index contributed by atoms with van der Waals surface area (Å²) in [5, 5.41) is 12.6. The summed E-state index contributed by atoms with van der Waals surface area (Å²) in [6.07, 6.45) is 0.577. The largest absolute Gasteiger partial charge is 0.481 e. The van der Waals surface area contributed by atoms with Crippen LogP contribution < -0.4 is 5.32 Å². The molecule has 0 fully saturated rings. The Morgan fingerprint density at radius 3 is 2.29 bits per heavy atom. The lowest BCUT2D eigenvalue weighted by Gasteiger charge is -2.12. The van der Waals surface area contributed by atoms with E-state index < -0.39 is 11.9 Å². The first-order chi connectivity index (χ1) is 8.15. The summed E-state index contributed by atoms with van der Waals surface area (Å²) >= 11 is 5.74. The number of benzene rings is 1. The van der Waals surface area contributed by atoms with Gasteiger partial charge in [-0.05, 0) is 37.7 Å². The van der Waals surface area contributed by atoms with E-state index >= 15 is 0 Å². The van der Waals surface area contributed by atoms with E-state index in [-0.39, 0.29) is 0 Å². The van der Waals surface area contributed by atoms with Crippen LogP contribution in [0.15, 0.2) is 24.3 Å². The highest BCUT2D eigenvalue weighted by Crippen LogP contribution is 2.21. The first-order valence-electron chi connectivity index (χ1n) is 5.78. The predicted octanol–water partition coefficient (Wildman–Crippen LogP) is 3.14. The molecule has 0 spiro atoms. The average molecular weight is 258 g/mol. The third-order valence-corrected chi connectivity index (χ3v) is 2.51. The van der Waals surface area contributed by atoms with Crippen LogP contribution in [0.4, 0.5) is 0 Å². The Kier molecular flexibility index (Phi) is 8.46. The quantitative estimate of drug-likeness (QED) is 0.852. The van der Waals surface area contributed by atoms with Crippen LogP contribution in [0.2, 0.25) is 5.02 Å². The maximum atomic E-state index is 11.0. The lowest BCUT2D eigenvalue weighted by atomic mass is 9.96. The first-order valence-corrected chi connectivity index (χ1v) is 6.16. The van der Waals surface area contributed by atoms with Gasteiger partial charge in [0.1, 0.15) is 0 Å². The zero-order chi connectivity index (χ0) is 13.3. The minimum Gasteiger partial charge on any atom is -0.481 e. The molecule has 4 heteroatoms. The molecule has 17 heavy (non-hydrogen) atoms. The van der Waals surface area contributed by atoms with Crippen LogP contribution in [-0.4, -0.2) is 24.7 Å². The molecule has 3 nitrogen and oxygen atoms in total. The fourth-order valence-electron chi connectivity index (χ4n) is 1.42. The minimum atomic E-state index is -0.799. The normalized spacial score (nSPS) is 11.3. The number of hydrogen-bond acceptors (Lipinski definition) is 2. The molecule has 1 unspecified atom stereocenters. The second-order valence-electron chi connectivity index (χ2n) is 3.33. The van der Waals surface area contributed by atoms with Crippen molar-refractivity contribution in [3.8, 4) is 0 Å². The van der Waals surface area contributed by atoms with Gasteiger partial charge in [-0.3, -0.25) is 4.79 Å². The van der Waals surface area contributed by atoms with Crippen molar-refractivity contribution in [3.05, 3.63) is 34.9 Å². The van der Waals surface area contributed by atoms with Gasteiger partial charge in [0.15, 0.2) is 0 Å². The van der Waals surface area contributed by atoms with E-state index in [0.29, 0.717) is 18.0 Å². The summed E-state index contributed by atoms with van der Waals surface area (Å²) in [7, 11) is 1.81. The van der Waals surface area contributed by atoms with Crippen molar-refractivity contribution in [1.29, 1.82) is 0 Å². The Balaban J connectivity index is 0.00000121. The van der Waals surface area contributed by atoms with Crippen molar-refractivity contribution in [2.24, 2.45) is 0 Å². The van der Waals surface area contributed by atoms with Crippen LogP contribution in [0, 0.1) is 0 Å². The van der Waals surface area contributed by atoms with Crippen LogP contribution in [-0.2, 0) is 4.79 Å². The zero-order valence-corrected chi connectivity index (χ0v) is 11.3. The van der Waals surface area contributed by atoms with E-state index in [1.54, 1.807) is 31.3 Å². The summed E-state index contributed by atoms with van der Waals surface area (Å²) in [6, 6.07) is 6.95. The number of carboxylic acids is 1. The Morgan fingerprint density at radius 1 is 1.35 bits per heavy atom. The number of hydrogen-bond donors (Lipinski definition) is 2. The number of carboxylic acid groups (broad SMARTS) is 1. The first kappa shape index (κ1) is 15.9. The molecule has 0 aromatic heterocycles. The number of carbonyl (C=O) groups is 1. The van der Waals surface area contributed by atoms with E-state index in [1.807, 2.05) is 13.8 Å². The van der Waals surface area contributed by atoms with Crippen LogP contribution >= 0.6 is 11.6 Å². The SMILES string of the molecule is CC.CNCCC(C(=O)O)c1ccc(Cl)cc1. The van der Waals surface area contributed by atoms with Gasteiger partial charge in [-0.1, -0.05) is 37.6 Å². The summed E-state index contributed by atoms with van der Waals surface area (Å²) < 4.78 is 0. The van der Waals surface area contributed by atoms with E-state index in [0.717, 1.165) is 5.56 Å². The molecule has 0 radical (unpaired) electrons. The van der Waals surface area contributed by atoms with E-state index in [2.05, 4.69) is 5.32 Å². The average Bonchev–Trinajstić information content (AvgIpc) is 2.34. The van der Waals surface area contributed by atoms with Crippen molar-refractivity contribution in [2.45, 2.75) is 26.2 Å². The summed E-state index contributed by atoms with van der Waals surface area (Å²) in [5.41, 5.74) is 0.794. The summed E-state index contributed by atoms with van der Waals surface area (Å²) in [6.45, 7) is 4.68. The molecule has 1 atom stereocenters. The molecule has 1 rings (SSSR count). The predicted molar refractivity (Wildman–Crippen MR) is 71.7 cm³/mol. The second-order valence-corrected chi connectivity index (χ2v) is 3.77. The monoisotopic (exact) mass is 257 g/mol. The summed E-state index contributed by atoms with van der Waals surface area (Å²) in [4.78, 5) is 11.0. The van der Waals surface area contributed by atoms with Gasteiger partial charge in [-0.2, -0.15) is 0 Å². The summed E-state index contributed by atoms with van der Waals surface area (Å²) in [5.74, 6) is -1.26. The Hall–Kier alpha value is -1.06. The lowest BCUT2D eigenvalue weighted by molar-refractivity contribution is -0.138. The van der Waals surface area contributed by atoms with Gasteiger partial charge in [0, 0.05) is 5.02 Å². The van der Waals surface area contributed by atoms with Crippen LogP contribution in [0.1, 0.15) is 31.7 Å². The molecule has 0 aliphatic carbocycles. The standard InChI is InChI=1S/C11H14ClNO2.C2H6/c1-13-7-6-10(11(14)15)8-2-4-9(12)5-3-8;1-2/h2-5,10,13H,6-7H2,1H3,(H,14,15);1-2H3. The Bertz CT molecular complexity index is 325. The number of nitrogens with one attached hydrogen (secondary N) is 1. The molecular formula is C13H20ClNO2. The number of halogens is 1. The molecule has 0 saturated carbocycles. The number of rotatable bonds is 5. The fourth-order valence-corrected chi connectivity index (χ4v) is 1.54. The van der Waals surface area contributed by atoms with Gasteiger partial charge in [-0.15, -0.1) is 0 Å². The van der Waals surface area contributed by atoms with Crippen LogP contribution in [0.25, 0.3) is 0 Å². The van der Waals surface area contributed by atoms with Crippen LogP contribution in [0.3, 0.4) is 0 Å². The van der Waals surface area contributed by atoms with Gasteiger partial charge < -0.3 is 10.4 Å². The topological polar surface area (TPSA) is 49.3 Å². The van der Waals surface area contributed by atoms with Crippen molar-refractivity contribution >= 4 is 17.6 Å². The van der Waals surface area contributed by atoms with Gasteiger partial charge in [0.2, 0.25) is 0 Å².